The van der Waals surface area contributed by atoms with E-state index in [-0.39, 0.29) is 6.29 Å². The molecule has 34 heavy (non-hydrogen) atoms. The third-order valence-electron chi connectivity index (χ3n) is 6.65. The van der Waals surface area contributed by atoms with Crippen LogP contribution in [0.15, 0.2) is 72.8 Å². The molecule has 0 aliphatic heterocycles. The molecule has 0 radical (unpaired) electrons. The van der Waals surface area contributed by atoms with Crippen molar-refractivity contribution in [1.29, 1.82) is 0 Å². The summed E-state index contributed by atoms with van der Waals surface area (Å²) in [5.74, 6) is 3.14. The molecule has 0 spiro atoms. The van der Waals surface area contributed by atoms with Gasteiger partial charge in [-0.05, 0) is 36.4 Å². The zero-order valence-corrected chi connectivity index (χ0v) is 19.8. The Labute approximate surface area is 198 Å². The molecule has 0 saturated heterocycles. The van der Waals surface area contributed by atoms with Crippen molar-refractivity contribution in [1.82, 2.24) is 28.7 Å². The fourth-order valence-electron chi connectivity index (χ4n) is 5.15. The van der Waals surface area contributed by atoms with Gasteiger partial charge in [0.2, 0.25) is 0 Å². The summed E-state index contributed by atoms with van der Waals surface area (Å²) in [6, 6.07) is 25.3. The van der Waals surface area contributed by atoms with E-state index >= 15 is 0 Å². The first-order chi connectivity index (χ1) is 16.7. The molecular weight excluding hydrogens is 420 g/mol. The number of para-hydroxylation sites is 6. The highest BCUT2D eigenvalue weighted by molar-refractivity contribution is 5.80. The van der Waals surface area contributed by atoms with Crippen LogP contribution in [0.25, 0.3) is 33.1 Å². The Morgan fingerprint density at radius 3 is 1.09 bits per heavy atom. The first-order valence-electron chi connectivity index (χ1n) is 12.1. The fraction of sp³-hybridized carbons (Fsp3) is 0.250. The molecule has 3 aromatic heterocycles. The van der Waals surface area contributed by atoms with Gasteiger partial charge in [-0.1, -0.05) is 57.2 Å². The number of fused-ring (bicyclic) bond motifs is 3. The average molecular weight is 449 g/mol. The Bertz CT molecular complexity index is 1440. The second-order valence-corrected chi connectivity index (χ2v) is 8.57. The third-order valence-corrected chi connectivity index (χ3v) is 6.65. The number of hydrogen-bond acceptors (Lipinski definition) is 3. The summed E-state index contributed by atoms with van der Waals surface area (Å²) in [5.41, 5.74) is 6.37. The number of imidazole rings is 3. The molecule has 6 nitrogen and oxygen atoms in total. The van der Waals surface area contributed by atoms with E-state index in [1.165, 1.54) is 0 Å². The minimum atomic E-state index is -0.216. The van der Waals surface area contributed by atoms with Crippen molar-refractivity contribution in [3.63, 3.8) is 0 Å². The number of benzene rings is 3. The monoisotopic (exact) mass is 448 g/mol. The summed E-state index contributed by atoms with van der Waals surface area (Å²) in [4.78, 5) is 15.1. The van der Waals surface area contributed by atoms with Crippen molar-refractivity contribution >= 4 is 33.1 Å². The van der Waals surface area contributed by atoms with Gasteiger partial charge in [-0.15, -0.1) is 0 Å². The zero-order valence-electron chi connectivity index (χ0n) is 19.8. The van der Waals surface area contributed by atoms with E-state index in [9.17, 15) is 0 Å². The number of hydrogen-bond donors (Lipinski definition) is 0. The first kappa shape index (κ1) is 20.7. The van der Waals surface area contributed by atoms with Crippen LogP contribution in [0.1, 0.15) is 44.5 Å². The van der Waals surface area contributed by atoms with E-state index in [0.29, 0.717) is 0 Å². The van der Waals surface area contributed by atoms with Crippen LogP contribution in [0.5, 0.6) is 0 Å². The molecule has 0 saturated carbocycles. The molecule has 0 fully saturated rings. The van der Waals surface area contributed by atoms with Gasteiger partial charge in [0, 0.05) is 19.3 Å². The van der Waals surface area contributed by atoms with Crippen LogP contribution in [0.3, 0.4) is 0 Å². The van der Waals surface area contributed by atoms with E-state index in [1.807, 2.05) is 0 Å². The van der Waals surface area contributed by atoms with Crippen molar-refractivity contribution in [3.8, 4) is 0 Å². The van der Waals surface area contributed by atoms with Crippen molar-refractivity contribution in [2.75, 3.05) is 0 Å². The lowest BCUT2D eigenvalue weighted by Crippen LogP contribution is -2.30. The smallest absolute Gasteiger partial charge is 0.197 e. The van der Waals surface area contributed by atoms with E-state index in [4.69, 9.17) is 15.0 Å². The van der Waals surface area contributed by atoms with Crippen LogP contribution in [0.2, 0.25) is 0 Å². The molecule has 6 aromatic rings. The van der Waals surface area contributed by atoms with Gasteiger partial charge in [-0.3, -0.25) is 13.7 Å². The molecule has 0 atom stereocenters. The molecule has 170 valence electrons. The third kappa shape index (κ3) is 2.98. The van der Waals surface area contributed by atoms with Crippen LogP contribution in [-0.4, -0.2) is 28.7 Å². The maximum atomic E-state index is 5.04. The summed E-state index contributed by atoms with van der Waals surface area (Å²) in [7, 11) is 0. The number of aromatic nitrogens is 6. The summed E-state index contributed by atoms with van der Waals surface area (Å²) in [5, 5.41) is 0. The fourth-order valence-corrected chi connectivity index (χ4v) is 5.15. The van der Waals surface area contributed by atoms with Gasteiger partial charge in [0.05, 0.1) is 33.1 Å². The molecule has 6 heteroatoms. The SMILES string of the molecule is CCc1nc2ccccc2n1C(n1c(CC)nc2ccccc21)n1c(CC)nc2ccccc21. The molecule has 0 bridgehead atoms. The van der Waals surface area contributed by atoms with Crippen molar-refractivity contribution in [3.05, 3.63) is 90.3 Å². The van der Waals surface area contributed by atoms with Gasteiger partial charge in [0.25, 0.3) is 0 Å². The van der Waals surface area contributed by atoms with Gasteiger partial charge in [0.15, 0.2) is 6.29 Å². The van der Waals surface area contributed by atoms with Gasteiger partial charge < -0.3 is 0 Å². The molecule has 0 N–H and O–H groups in total. The Kier molecular flexibility index (Phi) is 4.94. The zero-order chi connectivity index (χ0) is 23.2. The van der Waals surface area contributed by atoms with Crippen molar-refractivity contribution < 1.29 is 0 Å². The summed E-state index contributed by atoms with van der Waals surface area (Å²) in [6.45, 7) is 6.52. The predicted octanol–water partition coefficient (Wildman–Crippen LogP) is 5.98. The maximum absolute atomic E-state index is 5.04. The second-order valence-electron chi connectivity index (χ2n) is 8.57. The van der Waals surface area contributed by atoms with Crippen molar-refractivity contribution in [2.24, 2.45) is 0 Å². The van der Waals surface area contributed by atoms with Crippen LogP contribution >= 0.6 is 0 Å². The predicted molar refractivity (Wildman–Crippen MR) is 137 cm³/mol. The van der Waals surface area contributed by atoms with Crippen LogP contribution in [0.4, 0.5) is 0 Å². The van der Waals surface area contributed by atoms with Gasteiger partial charge in [-0.25, -0.2) is 15.0 Å². The topological polar surface area (TPSA) is 53.5 Å². The number of nitrogens with zero attached hydrogens (tertiary/aromatic N) is 6. The van der Waals surface area contributed by atoms with Crippen LogP contribution < -0.4 is 0 Å². The molecule has 0 unspecified atom stereocenters. The minimum Gasteiger partial charge on any atom is -0.288 e. The Morgan fingerprint density at radius 2 is 0.794 bits per heavy atom. The second kappa shape index (κ2) is 8.13. The lowest BCUT2D eigenvalue weighted by molar-refractivity contribution is 0.366. The highest BCUT2D eigenvalue weighted by Gasteiger charge is 2.28. The van der Waals surface area contributed by atoms with Gasteiger partial charge in [-0.2, -0.15) is 0 Å². The van der Waals surface area contributed by atoms with Crippen LogP contribution in [-0.2, 0) is 19.3 Å². The van der Waals surface area contributed by atoms with Gasteiger partial charge >= 0.3 is 0 Å². The van der Waals surface area contributed by atoms with Crippen LogP contribution in [0, 0.1) is 0 Å². The Hall–Kier alpha value is -3.93. The molecule has 0 aliphatic carbocycles. The lowest BCUT2D eigenvalue weighted by Gasteiger charge is -2.28. The highest BCUT2D eigenvalue weighted by Crippen LogP contribution is 2.33. The molecule has 3 aromatic carbocycles. The minimum absolute atomic E-state index is 0.216. The quantitative estimate of drug-likeness (QED) is 0.315. The highest BCUT2D eigenvalue weighted by atomic mass is 15.4. The Balaban J connectivity index is 1.80. The number of aryl methyl sites for hydroxylation is 3. The van der Waals surface area contributed by atoms with E-state index in [2.05, 4.69) is 107 Å². The number of rotatable bonds is 6. The lowest BCUT2D eigenvalue weighted by atomic mass is 10.3. The molecule has 0 aliphatic rings. The van der Waals surface area contributed by atoms with Gasteiger partial charge in [0.1, 0.15) is 17.5 Å². The Morgan fingerprint density at radius 1 is 0.500 bits per heavy atom. The van der Waals surface area contributed by atoms with E-state index in [1.54, 1.807) is 0 Å². The largest absolute Gasteiger partial charge is 0.288 e. The molecule has 3 heterocycles. The molecule has 6 rings (SSSR count). The van der Waals surface area contributed by atoms with Crippen molar-refractivity contribution in [2.45, 2.75) is 46.3 Å². The van der Waals surface area contributed by atoms with E-state index < -0.39 is 0 Å². The summed E-state index contributed by atoms with van der Waals surface area (Å²) >= 11 is 0. The first-order valence-corrected chi connectivity index (χ1v) is 12.1. The molecular formula is C28H28N6. The summed E-state index contributed by atoms with van der Waals surface area (Å²) < 4.78 is 7.15. The average Bonchev–Trinajstić information content (AvgIpc) is 3.56. The maximum Gasteiger partial charge on any atom is 0.197 e. The standard InChI is InChI=1S/C28H28N6/c1-4-25-29-19-13-7-10-16-22(19)32(25)28(33-23-17-11-8-14-20(23)30-26(33)5-2)34-24-18-12-9-15-21(24)31-27(34)6-3/h7-18,28H,4-6H2,1-3H3. The molecule has 0 amide bonds. The summed E-state index contributed by atoms with van der Waals surface area (Å²) in [6.07, 6.45) is 2.26. The normalized spacial score (nSPS) is 12.0. The van der Waals surface area contributed by atoms with E-state index in [0.717, 1.165) is 69.8 Å².